The largest absolute Gasteiger partial charge is 0.478 e. The second-order valence-corrected chi connectivity index (χ2v) is 5.77. The topological polar surface area (TPSA) is 87.1 Å². The van der Waals surface area contributed by atoms with E-state index in [9.17, 15) is 9.90 Å². The Kier molecular flexibility index (Phi) is 4.81. The Hall–Kier alpha value is -3.12. The molecule has 3 aromatic rings. The maximum atomic E-state index is 11.3. The standard InChI is InChI=1S/C18H15ClN4O2/c1-11-9-16(22-15-8-3-2-7-14(15)17(24)25)23-18(20-11)21-13-6-4-5-12(19)10-13/h2-10H,1H3,(H,24,25)(H2,20,21,22,23). The van der Waals surface area contributed by atoms with Crippen molar-refractivity contribution in [3.8, 4) is 0 Å². The first-order chi connectivity index (χ1) is 12.0. The predicted octanol–water partition coefficient (Wildman–Crippen LogP) is 4.62. The first-order valence-electron chi connectivity index (χ1n) is 7.49. The summed E-state index contributed by atoms with van der Waals surface area (Å²) in [5.74, 6) is -0.130. The maximum Gasteiger partial charge on any atom is 0.337 e. The first kappa shape index (κ1) is 16.7. The van der Waals surface area contributed by atoms with Crippen LogP contribution in [0.15, 0.2) is 54.6 Å². The predicted molar refractivity (Wildman–Crippen MR) is 98.2 cm³/mol. The van der Waals surface area contributed by atoms with Crippen molar-refractivity contribution in [2.45, 2.75) is 6.92 Å². The van der Waals surface area contributed by atoms with Crippen molar-refractivity contribution in [2.75, 3.05) is 10.6 Å². The molecule has 0 bridgehead atoms. The number of aromatic nitrogens is 2. The third-order valence-corrected chi connectivity index (χ3v) is 3.59. The molecule has 2 aromatic carbocycles. The van der Waals surface area contributed by atoms with Gasteiger partial charge in [0, 0.05) is 22.5 Å². The lowest BCUT2D eigenvalue weighted by Gasteiger charge is -2.11. The summed E-state index contributed by atoms with van der Waals surface area (Å²) in [4.78, 5) is 20.0. The van der Waals surface area contributed by atoms with Gasteiger partial charge in [0.15, 0.2) is 0 Å². The first-order valence-corrected chi connectivity index (χ1v) is 7.87. The highest BCUT2D eigenvalue weighted by Crippen LogP contribution is 2.23. The van der Waals surface area contributed by atoms with Gasteiger partial charge in [0.05, 0.1) is 11.3 Å². The molecule has 1 heterocycles. The van der Waals surface area contributed by atoms with Crippen LogP contribution in [-0.4, -0.2) is 21.0 Å². The number of aryl methyl sites for hydroxylation is 1. The maximum absolute atomic E-state index is 11.3. The van der Waals surface area contributed by atoms with Crippen molar-refractivity contribution in [1.82, 2.24) is 9.97 Å². The fraction of sp³-hybridized carbons (Fsp3) is 0.0556. The zero-order chi connectivity index (χ0) is 17.8. The number of carbonyl (C=O) groups is 1. The molecule has 0 amide bonds. The van der Waals surface area contributed by atoms with Crippen LogP contribution in [-0.2, 0) is 0 Å². The molecule has 7 heteroatoms. The Morgan fingerprint density at radius 1 is 1.04 bits per heavy atom. The van der Waals surface area contributed by atoms with Gasteiger partial charge in [0.25, 0.3) is 0 Å². The molecule has 3 N–H and O–H groups in total. The highest BCUT2D eigenvalue weighted by Gasteiger charge is 2.10. The number of carboxylic acid groups (broad SMARTS) is 1. The molecule has 0 saturated carbocycles. The van der Waals surface area contributed by atoms with Crippen molar-refractivity contribution in [3.05, 3.63) is 70.9 Å². The number of halogens is 1. The van der Waals surface area contributed by atoms with E-state index in [1.807, 2.05) is 19.1 Å². The number of carboxylic acids is 1. The second kappa shape index (κ2) is 7.19. The normalized spacial score (nSPS) is 10.3. The zero-order valence-corrected chi connectivity index (χ0v) is 14.1. The van der Waals surface area contributed by atoms with Crippen molar-refractivity contribution in [2.24, 2.45) is 0 Å². The third kappa shape index (κ3) is 4.24. The van der Waals surface area contributed by atoms with Crippen LogP contribution >= 0.6 is 11.6 Å². The number of anilines is 4. The molecule has 0 atom stereocenters. The number of hydrogen-bond acceptors (Lipinski definition) is 5. The molecule has 0 unspecified atom stereocenters. The number of aromatic carboxylic acids is 1. The van der Waals surface area contributed by atoms with Gasteiger partial charge in [-0.3, -0.25) is 0 Å². The van der Waals surface area contributed by atoms with Crippen molar-refractivity contribution in [3.63, 3.8) is 0 Å². The van der Waals surface area contributed by atoms with E-state index < -0.39 is 5.97 Å². The molecule has 0 fully saturated rings. The Morgan fingerprint density at radius 2 is 1.84 bits per heavy atom. The fourth-order valence-electron chi connectivity index (χ4n) is 2.30. The summed E-state index contributed by atoms with van der Waals surface area (Å²) in [6.45, 7) is 1.83. The number of para-hydroxylation sites is 1. The van der Waals surface area contributed by atoms with Crippen LogP contribution in [0.3, 0.4) is 0 Å². The number of nitrogens with one attached hydrogen (secondary N) is 2. The molecule has 3 rings (SSSR count). The molecular formula is C18H15ClN4O2. The molecule has 126 valence electrons. The highest BCUT2D eigenvalue weighted by molar-refractivity contribution is 6.30. The molecule has 1 aromatic heterocycles. The average Bonchev–Trinajstić information content (AvgIpc) is 2.54. The van der Waals surface area contributed by atoms with Gasteiger partial charge in [-0.1, -0.05) is 29.8 Å². The van der Waals surface area contributed by atoms with Crippen LogP contribution < -0.4 is 10.6 Å². The summed E-state index contributed by atoms with van der Waals surface area (Å²) >= 11 is 5.98. The molecule has 0 radical (unpaired) electrons. The molecule has 0 aliphatic rings. The van der Waals surface area contributed by atoms with Crippen LogP contribution in [0, 0.1) is 6.92 Å². The van der Waals surface area contributed by atoms with E-state index in [0.717, 1.165) is 11.4 Å². The Morgan fingerprint density at radius 3 is 2.60 bits per heavy atom. The minimum absolute atomic E-state index is 0.170. The monoisotopic (exact) mass is 354 g/mol. The summed E-state index contributed by atoms with van der Waals surface area (Å²) in [5.41, 5.74) is 2.12. The van der Waals surface area contributed by atoms with Gasteiger partial charge in [-0.15, -0.1) is 0 Å². The summed E-state index contributed by atoms with van der Waals surface area (Å²) in [5, 5.41) is 16.0. The number of benzene rings is 2. The molecule has 0 aliphatic carbocycles. The Balaban J connectivity index is 1.88. The number of nitrogens with zero attached hydrogens (tertiary/aromatic N) is 2. The van der Waals surface area contributed by atoms with Crippen LogP contribution in [0.25, 0.3) is 0 Å². The van der Waals surface area contributed by atoms with E-state index in [1.54, 1.807) is 36.4 Å². The van der Waals surface area contributed by atoms with E-state index in [4.69, 9.17) is 11.6 Å². The summed E-state index contributed by atoms with van der Waals surface area (Å²) in [6, 6.07) is 15.6. The van der Waals surface area contributed by atoms with Crippen molar-refractivity contribution >= 4 is 40.7 Å². The summed E-state index contributed by atoms with van der Waals surface area (Å²) in [7, 11) is 0. The van der Waals surface area contributed by atoms with Gasteiger partial charge in [-0.2, -0.15) is 4.98 Å². The second-order valence-electron chi connectivity index (χ2n) is 5.33. The fourth-order valence-corrected chi connectivity index (χ4v) is 2.49. The van der Waals surface area contributed by atoms with E-state index in [2.05, 4.69) is 20.6 Å². The summed E-state index contributed by atoms with van der Waals surface area (Å²) in [6.07, 6.45) is 0. The van der Waals surface area contributed by atoms with Crippen molar-refractivity contribution < 1.29 is 9.90 Å². The van der Waals surface area contributed by atoms with E-state index >= 15 is 0 Å². The quantitative estimate of drug-likeness (QED) is 0.619. The third-order valence-electron chi connectivity index (χ3n) is 3.36. The van der Waals surface area contributed by atoms with E-state index in [0.29, 0.717) is 22.5 Å². The van der Waals surface area contributed by atoms with Gasteiger partial charge in [0.1, 0.15) is 5.82 Å². The van der Waals surface area contributed by atoms with Crippen molar-refractivity contribution in [1.29, 1.82) is 0 Å². The molecule has 6 nitrogen and oxygen atoms in total. The lowest BCUT2D eigenvalue weighted by molar-refractivity contribution is 0.0698. The molecule has 0 spiro atoms. The molecule has 0 aliphatic heterocycles. The van der Waals surface area contributed by atoms with Gasteiger partial charge in [0.2, 0.25) is 5.95 Å². The van der Waals surface area contributed by atoms with E-state index in [1.165, 1.54) is 6.07 Å². The Labute approximate surface area is 149 Å². The van der Waals surface area contributed by atoms with Crippen LogP contribution in [0.1, 0.15) is 16.1 Å². The zero-order valence-electron chi connectivity index (χ0n) is 13.3. The van der Waals surface area contributed by atoms with E-state index in [-0.39, 0.29) is 5.56 Å². The lowest BCUT2D eigenvalue weighted by atomic mass is 10.2. The molecule has 25 heavy (non-hydrogen) atoms. The van der Waals surface area contributed by atoms with Crippen LogP contribution in [0.4, 0.5) is 23.1 Å². The highest BCUT2D eigenvalue weighted by atomic mass is 35.5. The minimum atomic E-state index is -1.01. The number of hydrogen-bond donors (Lipinski definition) is 3. The average molecular weight is 355 g/mol. The molecular weight excluding hydrogens is 340 g/mol. The van der Waals surface area contributed by atoms with Crippen LogP contribution in [0.2, 0.25) is 5.02 Å². The van der Waals surface area contributed by atoms with Gasteiger partial charge in [-0.25, -0.2) is 9.78 Å². The van der Waals surface area contributed by atoms with Crippen LogP contribution in [0.5, 0.6) is 0 Å². The molecule has 0 saturated heterocycles. The smallest absolute Gasteiger partial charge is 0.337 e. The lowest BCUT2D eigenvalue weighted by Crippen LogP contribution is -2.05. The minimum Gasteiger partial charge on any atom is -0.478 e. The van der Waals surface area contributed by atoms with Gasteiger partial charge in [-0.05, 0) is 37.3 Å². The SMILES string of the molecule is Cc1cc(Nc2ccccc2C(=O)O)nc(Nc2cccc(Cl)c2)n1. The summed E-state index contributed by atoms with van der Waals surface area (Å²) < 4.78 is 0. The van der Waals surface area contributed by atoms with Gasteiger partial charge >= 0.3 is 5.97 Å². The van der Waals surface area contributed by atoms with Gasteiger partial charge < -0.3 is 15.7 Å². The number of rotatable bonds is 5. The Bertz CT molecular complexity index is 930.